The summed E-state index contributed by atoms with van der Waals surface area (Å²) in [5.74, 6) is 0. The Hall–Kier alpha value is -1.54. The molecule has 0 bridgehead atoms. The molecule has 0 aliphatic carbocycles. The Bertz CT molecular complexity index is 497. The van der Waals surface area contributed by atoms with Gasteiger partial charge in [-0.05, 0) is 29.7 Å². The molecule has 88 valence electrons. The maximum atomic E-state index is 5.83. The maximum Gasteiger partial charge on any atom is 0.131 e. The third-order valence-electron chi connectivity index (χ3n) is 2.71. The molecular formula is C14H15ClN2. The van der Waals surface area contributed by atoms with Crippen LogP contribution in [0.3, 0.4) is 0 Å². The summed E-state index contributed by atoms with van der Waals surface area (Å²) in [5, 5.41) is 3.86. The molecule has 2 nitrogen and oxygen atoms in total. The van der Waals surface area contributed by atoms with Crippen LogP contribution >= 0.6 is 11.6 Å². The van der Waals surface area contributed by atoms with Crippen LogP contribution < -0.4 is 5.32 Å². The van der Waals surface area contributed by atoms with Gasteiger partial charge in [0.05, 0.1) is 0 Å². The SMILES string of the molecule is CCc1ccccc1CNc1ccnc(Cl)c1. The van der Waals surface area contributed by atoms with Crippen LogP contribution in [0.25, 0.3) is 0 Å². The molecule has 0 unspecified atom stereocenters. The van der Waals surface area contributed by atoms with Gasteiger partial charge >= 0.3 is 0 Å². The molecule has 0 aliphatic heterocycles. The molecule has 1 aromatic carbocycles. The average molecular weight is 247 g/mol. The highest BCUT2D eigenvalue weighted by atomic mass is 35.5. The number of aryl methyl sites for hydroxylation is 1. The van der Waals surface area contributed by atoms with Crippen molar-refractivity contribution in [3.8, 4) is 0 Å². The zero-order valence-corrected chi connectivity index (χ0v) is 10.5. The van der Waals surface area contributed by atoms with E-state index in [0.29, 0.717) is 5.15 Å². The number of benzene rings is 1. The lowest BCUT2D eigenvalue weighted by Crippen LogP contribution is -2.02. The van der Waals surface area contributed by atoms with Crippen LogP contribution in [0.4, 0.5) is 5.69 Å². The fourth-order valence-corrected chi connectivity index (χ4v) is 1.96. The lowest BCUT2D eigenvalue weighted by atomic mass is 10.1. The summed E-state index contributed by atoms with van der Waals surface area (Å²) in [6.07, 6.45) is 2.76. The van der Waals surface area contributed by atoms with E-state index in [9.17, 15) is 0 Å². The van der Waals surface area contributed by atoms with Gasteiger partial charge in [0.1, 0.15) is 5.15 Å². The Morgan fingerprint density at radius 1 is 1.18 bits per heavy atom. The van der Waals surface area contributed by atoms with Gasteiger partial charge < -0.3 is 5.32 Å². The number of rotatable bonds is 4. The number of aromatic nitrogens is 1. The van der Waals surface area contributed by atoms with Gasteiger partial charge in [-0.25, -0.2) is 4.98 Å². The van der Waals surface area contributed by atoms with E-state index >= 15 is 0 Å². The van der Waals surface area contributed by atoms with Gasteiger partial charge in [-0.3, -0.25) is 0 Å². The van der Waals surface area contributed by atoms with Crippen LogP contribution in [0.5, 0.6) is 0 Å². The first-order valence-electron chi connectivity index (χ1n) is 5.72. The molecule has 1 aromatic heterocycles. The fraction of sp³-hybridized carbons (Fsp3) is 0.214. The van der Waals surface area contributed by atoms with E-state index < -0.39 is 0 Å². The molecule has 0 atom stereocenters. The largest absolute Gasteiger partial charge is 0.381 e. The van der Waals surface area contributed by atoms with Gasteiger partial charge in [0.15, 0.2) is 0 Å². The van der Waals surface area contributed by atoms with Crippen molar-refractivity contribution in [2.24, 2.45) is 0 Å². The van der Waals surface area contributed by atoms with Crippen molar-refractivity contribution in [2.75, 3.05) is 5.32 Å². The second kappa shape index (κ2) is 5.69. The van der Waals surface area contributed by atoms with Crippen molar-refractivity contribution in [1.29, 1.82) is 0 Å². The topological polar surface area (TPSA) is 24.9 Å². The Balaban J connectivity index is 2.07. The summed E-state index contributed by atoms with van der Waals surface area (Å²) in [6, 6.07) is 12.2. The summed E-state index contributed by atoms with van der Waals surface area (Å²) < 4.78 is 0. The van der Waals surface area contributed by atoms with E-state index in [4.69, 9.17) is 11.6 Å². The van der Waals surface area contributed by atoms with Crippen molar-refractivity contribution < 1.29 is 0 Å². The van der Waals surface area contributed by atoms with Gasteiger partial charge in [-0.2, -0.15) is 0 Å². The Kier molecular flexibility index (Phi) is 3.99. The Labute approximate surface area is 107 Å². The minimum Gasteiger partial charge on any atom is -0.381 e. The van der Waals surface area contributed by atoms with Crippen LogP contribution in [0, 0.1) is 0 Å². The molecule has 1 heterocycles. The van der Waals surface area contributed by atoms with Gasteiger partial charge in [-0.1, -0.05) is 42.8 Å². The molecular weight excluding hydrogens is 232 g/mol. The standard InChI is InChI=1S/C14H15ClN2/c1-2-11-5-3-4-6-12(11)10-17-13-7-8-16-14(15)9-13/h3-9H,2,10H2,1H3,(H,16,17). The zero-order chi connectivity index (χ0) is 12.1. The highest BCUT2D eigenvalue weighted by Gasteiger charge is 2.00. The van der Waals surface area contributed by atoms with E-state index in [2.05, 4.69) is 41.5 Å². The molecule has 0 spiro atoms. The number of pyridine rings is 1. The second-order valence-corrected chi connectivity index (χ2v) is 4.23. The molecule has 0 radical (unpaired) electrons. The molecule has 0 saturated heterocycles. The molecule has 3 heteroatoms. The number of halogens is 1. The van der Waals surface area contributed by atoms with E-state index in [1.807, 2.05) is 12.1 Å². The number of nitrogens with one attached hydrogen (secondary N) is 1. The Morgan fingerprint density at radius 3 is 2.65 bits per heavy atom. The molecule has 17 heavy (non-hydrogen) atoms. The van der Waals surface area contributed by atoms with Crippen molar-refractivity contribution in [3.05, 3.63) is 58.9 Å². The molecule has 2 rings (SSSR count). The second-order valence-electron chi connectivity index (χ2n) is 3.84. The van der Waals surface area contributed by atoms with Crippen molar-refractivity contribution >= 4 is 17.3 Å². The smallest absolute Gasteiger partial charge is 0.131 e. The number of hydrogen-bond donors (Lipinski definition) is 1. The minimum atomic E-state index is 0.513. The maximum absolute atomic E-state index is 5.83. The quantitative estimate of drug-likeness (QED) is 0.828. The molecule has 0 aliphatic rings. The number of hydrogen-bond acceptors (Lipinski definition) is 2. The number of anilines is 1. The van der Waals surface area contributed by atoms with Crippen LogP contribution in [0.15, 0.2) is 42.6 Å². The first-order chi connectivity index (χ1) is 8.29. The predicted molar refractivity (Wildman–Crippen MR) is 72.4 cm³/mol. The first kappa shape index (κ1) is 11.9. The lowest BCUT2D eigenvalue weighted by Gasteiger charge is -2.10. The molecule has 0 amide bonds. The third-order valence-corrected chi connectivity index (χ3v) is 2.92. The van der Waals surface area contributed by atoms with E-state index in [1.165, 1.54) is 11.1 Å². The van der Waals surface area contributed by atoms with Gasteiger partial charge in [0, 0.05) is 18.4 Å². The van der Waals surface area contributed by atoms with Crippen LogP contribution in [-0.2, 0) is 13.0 Å². The summed E-state index contributed by atoms with van der Waals surface area (Å²) in [7, 11) is 0. The normalized spacial score (nSPS) is 10.2. The zero-order valence-electron chi connectivity index (χ0n) is 9.78. The van der Waals surface area contributed by atoms with Gasteiger partial charge in [0.2, 0.25) is 0 Å². The first-order valence-corrected chi connectivity index (χ1v) is 6.09. The van der Waals surface area contributed by atoms with Crippen LogP contribution in [-0.4, -0.2) is 4.98 Å². The molecule has 2 aromatic rings. The van der Waals surface area contributed by atoms with E-state index in [1.54, 1.807) is 6.20 Å². The van der Waals surface area contributed by atoms with Gasteiger partial charge in [0.25, 0.3) is 0 Å². The summed E-state index contributed by atoms with van der Waals surface area (Å²) in [5.41, 5.74) is 3.69. The summed E-state index contributed by atoms with van der Waals surface area (Å²) in [6.45, 7) is 2.98. The predicted octanol–water partition coefficient (Wildman–Crippen LogP) is 3.91. The number of nitrogens with zero attached hydrogens (tertiary/aromatic N) is 1. The van der Waals surface area contributed by atoms with Crippen molar-refractivity contribution in [3.63, 3.8) is 0 Å². The van der Waals surface area contributed by atoms with Gasteiger partial charge in [-0.15, -0.1) is 0 Å². The third kappa shape index (κ3) is 3.21. The average Bonchev–Trinajstić information content (AvgIpc) is 2.37. The van der Waals surface area contributed by atoms with Crippen molar-refractivity contribution in [2.45, 2.75) is 19.9 Å². The summed E-state index contributed by atoms with van der Waals surface area (Å²) >= 11 is 5.83. The van der Waals surface area contributed by atoms with Crippen LogP contribution in [0.1, 0.15) is 18.1 Å². The minimum absolute atomic E-state index is 0.513. The lowest BCUT2D eigenvalue weighted by molar-refractivity contribution is 1.04. The molecule has 0 fully saturated rings. The van der Waals surface area contributed by atoms with Crippen LogP contribution in [0.2, 0.25) is 5.15 Å². The molecule has 1 N–H and O–H groups in total. The Morgan fingerprint density at radius 2 is 1.94 bits per heavy atom. The monoisotopic (exact) mass is 246 g/mol. The summed E-state index contributed by atoms with van der Waals surface area (Å²) in [4.78, 5) is 3.95. The molecule has 0 saturated carbocycles. The van der Waals surface area contributed by atoms with E-state index in [0.717, 1.165) is 18.7 Å². The van der Waals surface area contributed by atoms with Crippen molar-refractivity contribution in [1.82, 2.24) is 4.98 Å². The fourth-order valence-electron chi connectivity index (χ4n) is 1.78. The highest BCUT2D eigenvalue weighted by Crippen LogP contribution is 2.15. The van der Waals surface area contributed by atoms with E-state index in [-0.39, 0.29) is 0 Å². The highest BCUT2D eigenvalue weighted by molar-refractivity contribution is 6.29.